The SMILES string of the molecule is CC(C)(C)OC(=O)N1CC[C@H](O)[C@H]1CN=[N+]=[N-]. The van der Waals surface area contributed by atoms with Crippen LogP contribution in [0.15, 0.2) is 5.11 Å². The second-order valence-electron chi connectivity index (χ2n) is 5.01. The largest absolute Gasteiger partial charge is 0.444 e. The van der Waals surface area contributed by atoms with E-state index in [1.807, 2.05) is 0 Å². The van der Waals surface area contributed by atoms with Crippen LogP contribution in [-0.4, -0.2) is 46.9 Å². The van der Waals surface area contributed by atoms with Gasteiger partial charge in [0.25, 0.3) is 0 Å². The van der Waals surface area contributed by atoms with E-state index in [4.69, 9.17) is 10.3 Å². The third-order valence-electron chi connectivity index (χ3n) is 2.47. The van der Waals surface area contributed by atoms with E-state index in [0.717, 1.165) is 0 Å². The van der Waals surface area contributed by atoms with Crippen molar-refractivity contribution in [1.82, 2.24) is 4.90 Å². The van der Waals surface area contributed by atoms with Crippen molar-refractivity contribution < 1.29 is 14.6 Å². The van der Waals surface area contributed by atoms with Gasteiger partial charge >= 0.3 is 6.09 Å². The Balaban J connectivity index is 2.68. The molecule has 0 aromatic rings. The summed E-state index contributed by atoms with van der Waals surface area (Å²) in [6.07, 6.45) is -0.662. The first-order valence-corrected chi connectivity index (χ1v) is 5.53. The summed E-state index contributed by atoms with van der Waals surface area (Å²) in [5.74, 6) is 0. The summed E-state index contributed by atoms with van der Waals surface area (Å²) >= 11 is 0. The topological polar surface area (TPSA) is 98.5 Å². The molecule has 96 valence electrons. The predicted molar refractivity (Wildman–Crippen MR) is 61.4 cm³/mol. The quantitative estimate of drug-likeness (QED) is 0.453. The first-order chi connectivity index (χ1) is 7.85. The Morgan fingerprint density at radius 1 is 1.65 bits per heavy atom. The van der Waals surface area contributed by atoms with Gasteiger partial charge in [0, 0.05) is 18.0 Å². The van der Waals surface area contributed by atoms with Gasteiger partial charge in [-0.15, -0.1) is 0 Å². The molecule has 7 heteroatoms. The highest BCUT2D eigenvalue weighted by atomic mass is 16.6. The number of rotatable bonds is 2. The average Bonchev–Trinajstić information content (AvgIpc) is 2.54. The minimum Gasteiger partial charge on any atom is -0.444 e. The van der Waals surface area contributed by atoms with Gasteiger partial charge in [-0.1, -0.05) is 5.11 Å². The van der Waals surface area contributed by atoms with E-state index in [-0.39, 0.29) is 6.54 Å². The molecule has 1 fully saturated rings. The van der Waals surface area contributed by atoms with Gasteiger partial charge in [-0.25, -0.2) is 4.79 Å². The van der Waals surface area contributed by atoms with Crippen molar-refractivity contribution in [3.8, 4) is 0 Å². The summed E-state index contributed by atoms with van der Waals surface area (Å²) < 4.78 is 5.22. The van der Waals surface area contributed by atoms with Crippen molar-refractivity contribution in [2.75, 3.05) is 13.1 Å². The predicted octanol–water partition coefficient (Wildman–Crippen LogP) is 1.67. The second-order valence-corrected chi connectivity index (χ2v) is 5.01. The van der Waals surface area contributed by atoms with Crippen LogP contribution in [-0.2, 0) is 4.74 Å². The van der Waals surface area contributed by atoms with Crippen molar-refractivity contribution >= 4 is 6.09 Å². The minimum atomic E-state index is -0.659. The summed E-state index contributed by atoms with van der Waals surface area (Å²) in [6, 6.07) is -0.485. The highest BCUT2D eigenvalue weighted by Crippen LogP contribution is 2.21. The molecule has 1 saturated heterocycles. The number of carbonyl (C=O) groups is 1. The summed E-state index contributed by atoms with van der Waals surface area (Å²) in [5.41, 5.74) is 7.69. The Bertz CT molecular complexity index is 333. The molecule has 2 atom stereocenters. The van der Waals surface area contributed by atoms with Crippen LogP contribution in [0.4, 0.5) is 4.79 Å². The summed E-state index contributed by atoms with van der Waals surface area (Å²) in [6.45, 7) is 5.82. The monoisotopic (exact) mass is 242 g/mol. The van der Waals surface area contributed by atoms with Crippen molar-refractivity contribution in [2.24, 2.45) is 5.11 Å². The number of hydrogen-bond donors (Lipinski definition) is 1. The number of azide groups is 1. The van der Waals surface area contributed by atoms with Gasteiger partial charge in [0.05, 0.1) is 12.1 Å². The molecule has 0 radical (unpaired) electrons. The fourth-order valence-corrected chi connectivity index (χ4v) is 1.72. The average molecular weight is 242 g/mol. The second kappa shape index (κ2) is 5.25. The maximum absolute atomic E-state index is 11.8. The number of nitrogens with zero attached hydrogens (tertiary/aromatic N) is 4. The van der Waals surface area contributed by atoms with Gasteiger partial charge in [-0.05, 0) is 32.7 Å². The number of ether oxygens (including phenoxy) is 1. The zero-order chi connectivity index (χ0) is 13.1. The summed E-state index contributed by atoms with van der Waals surface area (Å²) in [7, 11) is 0. The molecule has 0 spiro atoms. The molecule has 0 aromatic heterocycles. The molecule has 1 amide bonds. The van der Waals surface area contributed by atoms with Crippen molar-refractivity contribution in [1.29, 1.82) is 0 Å². The van der Waals surface area contributed by atoms with E-state index in [1.165, 1.54) is 4.90 Å². The smallest absolute Gasteiger partial charge is 0.410 e. The van der Waals surface area contributed by atoms with Crippen LogP contribution in [0.2, 0.25) is 0 Å². The molecule has 1 rings (SSSR count). The van der Waals surface area contributed by atoms with E-state index in [1.54, 1.807) is 20.8 Å². The van der Waals surface area contributed by atoms with E-state index in [9.17, 15) is 9.90 Å². The lowest BCUT2D eigenvalue weighted by Crippen LogP contribution is -2.44. The molecule has 1 aliphatic rings. The van der Waals surface area contributed by atoms with Crippen LogP contribution in [0.25, 0.3) is 10.4 Å². The number of aliphatic hydroxyl groups is 1. The number of hydrogen-bond acceptors (Lipinski definition) is 4. The van der Waals surface area contributed by atoms with E-state index >= 15 is 0 Å². The van der Waals surface area contributed by atoms with Gasteiger partial charge < -0.3 is 14.7 Å². The van der Waals surface area contributed by atoms with E-state index in [2.05, 4.69) is 10.0 Å². The zero-order valence-electron chi connectivity index (χ0n) is 10.3. The standard InChI is InChI=1S/C10H18N4O3/c1-10(2,3)17-9(16)14-5-4-8(15)7(14)6-12-13-11/h7-8,15H,4-6H2,1-3H3/t7-,8+/m1/s1. The Morgan fingerprint density at radius 3 is 2.82 bits per heavy atom. The molecule has 1 N–H and O–H groups in total. The Labute approximate surface area is 100.0 Å². The van der Waals surface area contributed by atoms with Gasteiger partial charge in [0.1, 0.15) is 5.60 Å². The third-order valence-corrected chi connectivity index (χ3v) is 2.47. The molecule has 0 bridgehead atoms. The van der Waals surface area contributed by atoms with Crippen LogP contribution < -0.4 is 0 Å². The fraction of sp³-hybridized carbons (Fsp3) is 0.900. The number of aliphatic hydroxyl groups excluding tert-OH is 1. The molecular formula is C10H18N4O3. The zero-order valence-corrected chi connectivity index (χ0v) is 10.3. The molecule has 1 aliphatic heterocycles. The maximum Gasteiger partial charge on any atom is 0.410 e. The molecule has 0 saturated carbocycles. The highest BCUT2D eigenvalue weighted by molar-refractivity contribution is 5.69. The van der Waals surface area contributed by atoms with Crippen LogP contribution in [0.1, 0.15) is 27.2 Å². The minimum absolute atomic E-state index is 0.0664. The normalized spacial score (nSPS) is 24.4. The Kier molecular flexibility index (Phi) is 4.20. The number of likely N-dealkylation sites (tertiary alicyclic amines) is 1. The fourth-order valence-electron chi connectivity index (χ4n) is 1.72. The Morgan fingerprint density at radius 2 is 2.29 bits per heavy atom. The number of amides is 1. The molecular weight excluding hydrogens is 224 g/mol. The molecule has 0 unspecified atom stereocenters. The van der Waals surface area contributed by atoms with Gasteiger partial charge in [0.15, 0.2) is 0 Å². The third kappa shape index (κ3) is 3.80. The van der Waals surface area contributed by atoms with Crippen molar-refractivity contribution in [3.63, 3.8) is 0 Å². The lowest BCUT2D eigenvalue weighted by molar-refractivity contribution is 0.0166. The number of carbonyl (C=O) groups excluding carboxylic acids is 1. The molecule has 1 heterocycles. The maximum atomic E-state index is 11.8. The molecule has 0 aliphatic carbocycles. The van der Waals surface area contributed by atoms with Crippen LogP contribution in [0.5, 0.6) is 0 Å². The van der Waals surface area contributed by atoms with Gasteiger partial charge in [0.2, 0.25) is 0 Å². The first-order valence-electron chi connectivity index (χ1n) is 5.53. The Hall–Kier alpha value is -1.46. The van der Waals surface area contributed by atoms with Gasteiger partial charge in [-0.3, -0.25) is 0 Å². The lowest BCUT2D eigenvalue weighted by atomic mass is 10.2. The summed E-state index contributed by atoms with van der Waals surface area (Å²) in [4.78, 5) is 15.9. The lowest BCUT2D eigenvalue weighted by Gasteiger charge is -2.28. The highest BCUT2D eigenvalue weighted by Gasteiger charge is 2.37. The molecule has 17 heavy (non-hydrogen) atoms. The summed E-state index contributed by atoms with van der Waals surface area (Å²) in [5, 5.41) is 13.1. The van der Waals surface area contributed by atoms with Crippen molar-refractivity contribution in [3.05, 3.63) is 10.4 Å². The van der Waals surface area contributed by atoms with Crippen LogP contribution >= 0.6 is 0 Å². The van der Waals surface area contributed by atoms with E-state index in [0.29, 0.717) is 13.0 Å². The van der Waals surface area contributed by atoms with Crippen LogP contribution in [0, 0.1) is 0 Å². The molecule has 0 aromatic carbocycles. The first kappa shape index (κ1) is 13.6. The van der Waals surface area contributed by atoms with E-state index < -0.39 is 23.8 Å². The molecule has 7 nitrogen and oxygen atoms in total. The van der Waals surface area contributed by atoms with Crippen LogP contribution in [0.3, 0.4) is 0 Å². The van der Waals surface area contributed by atoms with Crippen molar-refractivity contribution in [2.45, 2.75) is 44.9 Å². The van der Waals surface area contributed by atoms with Gasteiger partial charge in [-0.2, -0.15) is 0 Å².